The fourth-order valence-electron chi connectivity index (χ4n) is 4.58. The number of fused-ring (bicyclic) bond motifs is 1. The average Bonchev–Trinajstić information content (AvgIpc) is 3.12. The molecule has 34 heavy (non-hydrogen) atoms. The molecule has 0 N–H and O–H groups in total. The van der Waals surface area contributed by atoms with Crippen molar-refractivity contribution in [2.24, 2.45) is 0 Å². The number of amides is 2. The second-order valence-electron chi connectivity index (χ2n) is 8.41. The lowest BCUT2D eigenvalue weighted by Crippen LogP contribution is -2.37. The van der Waals surface area contributed by atoms with Crippen molar-refractivity contribution in [1.82, 2.24) is 0 Å². The maximum Gasteiger partial charge on any atom is 0.282 e. The minimum Gasteiger partial charge on any atom is -0.494 e. The van der Waals surface area contributed by atoms with Crippen LogP contribution in [0.3, 0.4) is 0 Å². The Hall–Kier alpha value is -3.93. The summed E-state index contributed by atoms with van der Waals surface area (Å²) >= 11 is 0. The fourth-order valence-corrected chi connectivity index (χ4v) is 4.58. The van der Waals surface area contributed by atoms with Crippen LogP contribution >= 0.6 is 0 Å². The largest absolute Gasteiger partial charge is 0.494 e. The van der Waals surface area contributed by atoms with E-state index in [4.69, 9.17) is 4.74 Å². The third kappa shape index (κ3) is 3.85. The monoisotopic (exact) mass is 456 g/mol. The standard InChI is InChI=1S/C28H25FN2O3/c1-2-17-34-23-14-12-20(13-15-23)25-26(30-16-6-8-19-7-3-4-11-24(19)30)28(33)31(27(25)32)22-10-5-9-21(29)18-22/h3-5,7,9-15,18H,2,6,8,16-17H2,1H3. The smallest absolute Gasteiger partial charge is 0.282 e. The third-order valence-corrected chi connectivity index (χ3v) is 6.12. The molecular weight excluding hydrogens is 431 g/mol. The van der Waals surface area contributed by atoms with Crippen molar-refractivity contribution in [1.29, 1.82) is 0 Å². The molecule has 5 rings (SSSR count). The highest BCUT2D eigenvalue weighted by Gasteiger charge is 2.43. The number of imide groups is 1. The number of hydrogen-bond acceptors (Lipinski definition) is 4. The van der Waals surface area contributed by atoms with Crippen LogP contribution in [0.25, 0.3) is 5.57 Å². The van der Waals surface area contributed by atoms with Crippen LogP contribution in [0.5, 0.6) is 5.75 Å². The summed E-state index contributed by atoms with van der Waals surface area (Å²) in [6.07, 6.45) is 2.66. The van der Waals surface area contributed by atoms with Gasteiger partial charge in [-0.05, 0) is 66.8 Å². The van der Waals surface area contributed by atoms with Crippen LogP contribution in [0.2, 0.25) is 0 Å². The molecular formula is C28H25FN2O3. The number of aryl methyl sites for hydroxylation is 1. The van der Waals surface area contributed by atoms with Gasteiger partial charge in [0.05, 0.1) is 17.9 Å². The molecule has 0 saturated heterocycles. The van der Waals surface area contributed by atoms with Gasteiger partial charge in [0.25, 0.3) is 11.8 Å². The van der Waals surface area contributed by atoms with Crippen molar-refractivity contribution in [2.75, 3.05) is 23.0 Å². The molecule has 5 nitrogen and oxygen atoms in total. The van der Waals surface area contributed by atoms with Crippen molar-refractivity contribution in [2.45, 2.75) is 26.2 Å². The molecule has 0 radical (unpaired) electrons. The van der Waals surface area contributed by atoms with E-state index in [1.807, 2.05) is 48.2 Å². The van der Waals surface area contributed by atoms with Crippen LogP contribution in [0, 0.1) is 5.82 Å². The van der Waals surface area contributed by atoms with Gasteiger partial charge in [0.2, 0.25) is 0 Å². The Labute approximate surface area is 198 Å². The van der Waals surface area contributed by atoms with E-state index < -0.39 is 17.6 Å². The first-order valence-electron chi connectivity index (χ1n) is 11.6. The lowest BCUT2D eigenvalue weighted by atomic mass is 9.98. The molecule has 0 aliphatic carbocycles. The number of carbonyl (C=O) groups excluding carboxylic acids is 2. The van der Waals surface area contributed by atoms with Gasteiger partial charge in [0.15, 0.2) is 0 Å². The Morgan fingerprint density at radius 1 is 0.941 bits per heavy atom. The second-order valence-corrected chi connectivity index (χ2v) is 8.41. The van der Waals surface area contributed by atoms with E-state index in [0.29, 0.717) is 35.7 Å². The van der Waals surface area contributed by atoms with Crippen LogP contribution in [-0.4, -0.2) is 25.0 Å². The molecule has 0 atom stereocenters. The van der Waals surface area contributed by atoms with Gasteiger partial charge in [-0.2, -0.15) is 0 Å². The predicted octanol–water partition coefficient (Wildman–Crippen LogP) is 5.35. The second kappa shape index (κ2) is 9.14. The number of para-hydroxylation sites is 1. The van der Waals surface area contributed by atoms with Gasteiger partial charge in [0.1, 0.15) is 17.3 Å². The lowest BCUT2D eigenvalue weighted by molar-refractivity contribution is -0.120. The lowest BCUT2D eigenvalue weighted by Gasteiger charge is -2.32. The molecule has 0 fully saturated rings. The SMILES string of the molecule is CCCOc1ccc(C2=C(N3CCCc4ccccc43)C(=O)N(c3cccc(F)c3)C2=O)cc1. The van der Waals surface area contributed by atoms with Crippen molar-refractivity contribution in [3.63, 3.8) is 0 Å². The maximum absolute atomic E-state index is 14.0. The Bertz CT molecular complexity index is 1280. The van der Waals surface area contributed by atoms with Crippen molar-refractivity contribution in [3.05, 3.63) is 95.4 Å². The van der Waals surface area contributed by atoms with Gasteiger partial charge in [-0.3, -0.25) is 9.59 Å². The first-order valence-corrected chi connectivity index (χ1v) is 11.6. The summed E-state index contributed by atoms with van der Waals surface area (Å²) in [6, 6.07) is 20.7. The summed E-state index contributed by atoms with van der Waals surface area (Å²) in [5.74, 6) is -0.715. The molecule has 0 spiro atoms. The number of nitrogens with zero attached hydrogens (tertiary/aromatic N) is 2. The highest BCUT2D eigenvalue weighted by atomic mass is 19.1. The first kappa shape index (κ1) is 21.9. The molecule has 0 saturated carbocycles. The normalized spacial score (nSPS) is 15.7. The van der Waals surface area contributed by atoms with Crippen LogP contribution < -0.4 is 14.5 Å². The van der Waals surface area contributed by atoms with E-state index in [1.54, 1.807) is 18.2 Å². The van der Waals surface area contributed by atoms with Gasteiger partial charge < -0.3 is 9.64 Å². The number of halogens is 1. The summed E-state index contributed by atoms with van der Waals surface area (Å²) in [4.78, 5) is 30.5. The molecule has 0 aromatic heterocycles. The highest BCUT2D eigenvalue weighted by molar-refractivity contribution is 6.46. The molecule has 6 heteroatoms. The molecule has 2 heterocycles. The zero-order chi connectivity index (χ0) is 23.7. The van der Waals surface area contributed by atoms with Crippen LogP contribution in [-0.2, 0) is 16.0 Å². The van der Waals surface area contributed by atoms with Crippen molar-refractivity contribution >= 4 is 28.8 Å². The van der Waals surface area contributed by atoms with E-state index >= 15 is 0 Å². The van der Waals surface area contributed by atoms with Gasteiger partial charge in [-0.25, -0.2) is 9.29 Å². The molecule has 172 valence electrons. The minimum atomic E-state index is -0.506. The molecule has 3 aromatic carbocycles. The predicted molar refractivity (Wildman–Crippen MR) is 130 cm³/mol. The van der Waals surface area contributed by atoms with Crippen LogP contribution in [0.15, 0.2) is 78.5 Å². The van der Waals surface area contributed by atoms with E-state index in [2.05, 4.69) is 0 Å². The number of carbonyl (C=O) groups is 2. The summed E-state index contributed by atoms with van der Waals surface area (Å²) in [7, 11) is 0. The van der Waals surface area contributed by atoms with Crippen LogP contribution in [0.1, 0.15) is 30.9 Å². The minimum absolute atomic E-state index is 0.218. The topological polar surface area (TPSA) is 49.9 Å². The summed E-state index contributed by atoms with van der Waals surface area (Å²) in [5, 5.41) is 0. The zero-order valence-electron chi connectivity index (χ0n) is 19.0. The fraction of sp³-hybridized carbons (Fsp3) is 0.214. The Morgan fingerprint density at radius 3 is 2.50 bits per heavy atom. The van der Waals surface area contributed by atoms with Crippen LogP contribution in [0.4, 0.5) is 15.8 Å². The number of anilines is 2. The molecule has 2 aliphatic rings. The van der Waals surface area contributed by atoms with Gasteiger partial charge in [-0.1, -0.05) is 43.3 Å². The van der Waals surface area contributed by atoms with E-state index in [9.17, 15) is 14.0 Å². The molecule has 0 bridgehead atoms. The molecule has 2 amide bonds. The third-order valence-electron chi connectivity index (χ3n) is 6.12. The quantitative estimate of drug-likeness (QED) is 0.469. The highest BCUT2D eigenvalue weighted by Crippen LogP contribution is 2.39. The summed E-state index contributed by atoms with van der Waals surface area (Å²) in [5.41, 5.74) is 3.53. The van der Waals surface area contributed by atoms with Gasteiger partial charge in [0, 0.05) is 12.2 Å². The number of rotatable bonds is 6. The van der Waals surface area contributed by atoms with Gasteiger partial charge >= 0.3 is 0 Å². The molecule has 0 unspecified atom stereocenters. The van der Waals surface area contributed by atoms with Crippen molar-refractivity contribution < 1.29 is 18.7 Å². The molecule has 2 aliphatic heterocycles. The zero-order valence-corrected chi connectivity index (χ0v) is 19.0. The summed E-state index contributed by atoms with van der Waals surface area (Å²) < 4.78 is 19.7. The number of ether oxygens (including phenoxy) is 1. The van der Waals surface area contributed by atoms with E-state index in [-0.39, 0.29) is 5.69 Å². The van der Waals surface area contributed by atoms with E-state index in [1.165, 1.54) is 18.2 Å². The molecule has 3 aromatic rings. The first-order chi connectivity index (χ1) is 16.6. The Kier molecular flexibility index (Phi) is 5.88. The van der Waals surface area contributed by atoms with E-state index in [0.717, 1.165) is 35.4 Å². The van der Waals surface area contributed by atoms with Crippen molar-refractivity contribution in [3.8, 4) is 5.75 Å². The number of hydrogen-bond donors (Lipinski definition) is 0. The Morgan fingerprint density at radius 2 is 1.74 bits per heavy atom. The maximum atomic E-state index is 14.0. The summed E-state index contributed by atoms with van der Waals surface area (Å²) in [6.45, 7) is 3.25. The van der Waals surface area contributed by atoms with Gasteiger partial charge in [-0.15, -0.1) is 0 Å². The Balaban J connectivity index is 1.64. The average molecular weight is 457 g/mol. The number of benzene rings is 3.